The van der Waals surface area contributed by atoms with Gasteiger partial charge in [-0.05, 0) is 32.6 Å². The molecule has 0 fully saturated rings. The zero-order valence-corrected chi connectivity index (χ0v) is 9.79. The Bertz CT molecular complexity index is 209. The first-order valence-electron chi connectivity index (χ1n) is 5.11. The predicted octanol–water partition coefficient (Wildman–Crippen LogP) is 2.28. The standard InChI is InChI=1S/C11H22O3/c1-6-10(4,9(12)13)7-11(5,14)8(2)3/h8,14H,6-7H2,1-5H3,(H,12,13). The van der Waals surface area contributed by atoms with E-state index in [1.807, 2.05) is 20.8 Å². The third-order valence-electron chi connectivity index (χ3n) is 3.29. The van der Waals surface area contributed by atoms with Gasteiger partial charge in [0.15, 0.2) is 0 Å². The molecule has 0 amide bonds. The largest absolute Gasteiger partial charge is 0.481 e. The van der Waals surface area contributed by atoms with Crippen molar-refractivity contribution < 1.29 is 15.0 Å². The van der Waals surface area contributed by atoms with E-state index in [1.165, 1.54) is 0 Å². The minimum atomic E-state index is -0.914. The number of rotatable bonds is 5. The lowest BCUT2D eigenvalue weighted by Gasteiger charge is -2.35. The van der Waals surface area contributed by atoms with Crippen LogP contribution < -0.4 is 0 Å². The molecule has 0 heterocycles. The third-order valence-corrected chi connectivity index (χ3v) is 3.29. The van der Waals surface area contributed by atoms with Gasteiger partial charge in [0.1, 0.15) is 0 Å². The van der Waals surface area contributed by atoms with Crippen LogP contribution in [0.2, 0.25) is 0 Å². The van der Waals surface area contributed by atoms with Crippen molar-refractivity contribution >= 4 is 5.97 Å². The van der Waals surface area contributed by atoms with Gasteiger partial charge >= 0.3 is 5.97 Å². The maximum absolute atomic E-state index is 11.0. The number of hydrogen-bond acceptors (Lipinski definition) is 2. The summed E-state index contributed by atoms with van der Waals surface area (Å²) in [6.07, 6.45) is 0.828. The molecule has 3 heteroatoms. The highest BCUT2D eigenvalue weighted by Gasteiger charge is 2.39. The molecule has 0 aliphatic heterocycles. The van der Waals surface area contributed by atoms with Crippen LogP contribution in [-0.4, -0.2) is 21.8 Å². The van der Waals surface area contributed by atoms with E-state index in [1.54, 1.807) is 13.8 Å². The number of carboxylic acids is 1. The second-order valence-electron chi connectivity index (χ2n) is 4.91. The van der Waals surface area contributed by atoms with Crippen molar-refractivity contribution in [3.8, 4) is 0 Å². The molecule has 3 nitrogen and oxygen atoms in total. The molecule has 14 heavy (non-hydrogen) atoms. The van der Waals surface area contributed by atoms with E-state index in [0.717, 1.165) is 0 Å². The summed E-state index contributed by atoms with van der Waals surface area (Å²) in [6.45, 7) is 9.03. The van der Waals surface area contributed by atoms with Crippen LogP contribution in [0.4, 0.5) is 0 Å². The van der Waals surface area contributed by atoms with Crippen molar-refractivity contribution in [3.05, 3.63) is 0 Å². The fourth-order valence-corrected chi connectivity index (χ4v) is 1.35. The van der Waals surface area contributed by atoms with Crippen LogP contribution >= 0.6 is 0 Å². The first-order chi connectivity index (χ1) is 6.15. The Balaban J connectivity index is 4.70. The van der Waals surface area contributed by atoms with E-state index in [9.17, 15) is 9.90 Å². The van der Waals surface area contributed by atoms with Gasteiger partial charge in [-0.15, -0.1) is 0 Å². The molecule has 0 radical (unpaired) electrons. The first-order valence-corrected chi connectivity index (χ1v) is 5.11. The molecule has 0 aromatic heterocycles. The molecule has 84 valence electrons. The third kappa shape index (κ3) is 2.98. The van der Waals surface area contributed by atoms with E-state index in [-0.39, 0.29) is 5.92 Å². The fraction of sp³-hybridized carbons (Fsp3) is 0.909. The Morgan fingerprint density at radius 2 is 1.79 bits per heavy atom. The Morgan fingerprint density at radius 1 is 1.36 bits per heavy atom. The van der Waals surface area contributed by atoms with Crippen molar-refractivity contribution in [1.29, 1.82) is 0 Å². The van der Waals surface area contributed by atoms with E-state index < -0.39 is 17.0 Å². The van der Waals surface area contributed by atoms with E-state index >= 15 is 0 Å². The summed E-state index contributed by atoms with van der Waals surface area (Å²) in [4.78, 5) is 11.0. The Morgan fingerprint density at radius 3 is 2.00 bits per heavy atom. The molecule has 0 aliphatic rings. The molecule has 0 aliphatic carbocycles. The van der Waals surface area contributed by atoms with E-state index in [0.29, 0.717) is 12.8 Å². The summed E-state index contributed by atoms with van der Waals surface area (Å²) in [5.41, 5.74) is -1.74. The number of carboxylic acid groups (broad SMARTS) is 1. The fourth-order valence-electron chi connectivity index (χ4n) is 1.35. The second-order valence-corrected chi connectivity index (χ2v) is 4.91. The lowest BCUT2D eigenvalue weighted by Crippen LogP contribution is -2.41. The first kappa shape index (κ1) is 13.4. The summed E-state index contributed by atoms with van der Waals surface area (Å²) in [5, 5.41) is 19.1. The molecule has 2 atom stereocenters. The van der Waals surface area contributed by atoms with Gasteiger partial charge in [-0.1, -0.05) is 20.8 Å². The van der Waals surface area contributed by atoms with Crippen LogP contribution in [0.25, 0.3) is 0 Å². The molecular weight excluding hydrogens is 180 g/mol. The zero-order valence-electron chi connectivity index (χ0n) is 9.79. The maximum atomic E-state index is 11.0. The van der Waals surface area contributed by atoms with Gasteiger partial charge in [0.05, 0.1) is 11.0 Å². The van der Waals surface area contributed by atoms with Gasteiger partial charge in [-0.2, -0.15) is 0 Å². The number of carbonyl (C=O) groups is 1. The average Bonchev–Trinajstić information content (AvgIpc) is 2.02. The maximum Gasteiger partial charge on any atom is 0.309 e. The van der Waals surface area contributed by atoms with Crippen LogP contribution in [0.5, 0.6) is 0 Å². The number of aliphatic hydroxyl groups is 1. The summed E-state index contributed by atoms with van der Waals surface area (Å²) < 4.78 is 0. The smallest absolute Gasteiger partial charge is 0.309 e. The highest BCUT2D eigenvalue weighted by Crippen LogP contribution is 2.35. The van der Waals surface area contributed by atoms with Gasteiger partial charge in [0.25, 0.3) is 0 Å². The minimum absolute atomic E-state index is 0.0627. The van der Waals surface area contributed by atoms with Crippen molar-refractivity contribution in [2.75, 3.05) is 0 Å². The molecule has 0 aromatic carbocycles. The molecular formula is C11H22O3. The van der Waals surface area contributed by atoms with Crippen molar-refractivity contribution in [2.45, 2.75) is 53.1 Å². The Kier molecular flexibility index (Phi) is 4.13. The quantitative estimate of drug-likeness (QED) is 0.719. The lowest BCUT2D eigenvalue weighted by molar-refractivity contribution is -0.153. The lowest BCUT2D eigenvalue weighted by atomic mass is 9.73. The summed E-state index contributed by atoms with van der Waals surface area (Å²) >= 11 is 0. The number of hydrogen-bond donors (Lipinski definition) is 2. The normalized spacial score (nSPS) is 20.2. The SMILES string of the molecule is CCC(C)(CC(C)(O)C(C)C)C(=O)O. The summed E-state index contributed by atoms with van der Waals surface area (Å²) in [5.74, 6) is -0.770. The predicted molar refractivity (Wildman–Crippen MR) is 56.1 cm³/mol. The van der Waals surface area contributed by atoms with E-state index in [2.05, 4.69) is 0 Å². The van der Waals surface area contributed by atoms with Crippen molar-refractivity contribution in [1.82, 2.24) is 0 Å². The highest BCUT2D eigenvalue weighted by molar-refractivity contribution is 5.74. The molecule has 0 saturated heterocycles. The van der Waals surface area contributed by atoms with Crippen LogP contribution in [0.15, 0.2) is 0 Å². The molecule has 0 saturated carbocycles. The van der Waals surface area contributed by atoms with Gasteiger partial charge in [-0.25, -0.2) is 0 Å². The van der Waals surface area contributed by atoms with Gasteiger partial charge in [0, 0.05) is 0 Å². The summed E-state index contributed by atoms with van der Waals surface area (Å²) in [6, 6.07) is 0. The highest BCUT2D eigenvalue weighted by atomic mass is 16.4. The molecule has 0 aromatic rings. The molecule has 0 spiro atoms. The average molecular weight is 202 g/mol. The molecule has 0 rings (SSSR count). The minimum Gasteiger partial charge on any atom is -0.481 e. The van der Waals surface area contributed by atoms with E-state index in [4.69, 9.17) is 5.11 Å². The van der Waals surface area contributed by atoms with Crippen molar-refractivity contribution in [3.63, 3.8) is 0 Å². The van der Waals surface area contributed by atoms with Gasteiger partial charge < -0.3 is 10.2 Å². The van der Waals surface area contributed by atoms with Gasteiger partial charge in [-0.3, -0.25) is 4.79 Å². The molecule has 2 unspecified atom stereocenters. The Labute approximate surface area is 86.1 Å². The number of aliphatic carboxylic acids is 1. The second kappa shape index (κ2) is 4.30. The summed E-state index contributed by atoms with van der Waals surface area (Å²) in [7, 11) is 0. The molecule has 2 N–H and O–H groups in total. The van der Waals surface area contributed by atoms with Crippen LogP contribution in [-0.2, 0) is 4.79 Å². The zero-order chi connectivity index (χ0) is 11.6. The van der Waals surface area contributed by atoms with Crippen LogP contribution in [0, 0.1) is 11.3 Å². The van der Waals surface area contributed by atoms with Crippen molar-refractivity contribution in [2.24, 2.45) is 11.3 Å². The van der Waals surface area contributed by atoms with Crippen LogP contribution in [0.1, 0.15) is 47.5 Å². The molecule has 0 bridgehead atoms. The monoisotopic (exact) mass is 202 g/mol. The topological polar surface area (TPSA) is 57.5 Å². The Hall–Kier alpha value is -0.570. The van der Waals surface area contributed by atoms with Gasteiger partial charge in [0.2, 0.25) is 0 Å². The van der Waals surface area contributed by atoms with Crippen LogP contribution in [0.3, 0.4) is 0 Å².